The van der Waals surface area contributed by atoms with Crippen LogP contribution in [-0.2, 0) is 0 Å². The van der Waals surface area contributed by atoms with E-state index < -0.39 is 0 Å². The Morgan fingerprint density at radius 3 is 2.71 bits per heavy atom. The van der Waals surface area contributed by atoms with E-state index in [4.69, 9.17) is 0 Å². The summed E-state index contributed by atoms with van der Waals surface area (Å²) in [4.78, 5) is 15.2. The number of piperidine rings is 1. The number of hydrogen-bond acceptors (Lipinski definition) is 3. The van der Waals surface area contributed by atoms with Gasteiger partial charge >= 0.3 is 0 Å². The molecule has 1 fully saturated rings. The van der Waals surface area contributed by atoms with Gasteiger partial charge in [-0.2, -0.15) is 0 Å². The lowest BCUT2D eigenvalue weighted by Crippen LogP contribution is -2.31. The second kappa shape index (κ2) is 6.66. The van der Waals surface area contributed by atoms with Crippen molar-refractivity contribution in [3.63, 3.8) is 0 Å². The minimum absolute atomic E-state index is 0.279. The summed E-state index contributed by atoms with van der Waals surface area (Å²) in [5.41, 5.74) is 2.09. The predicted octanol–water partition coefficient (Wildman–Crippen LogP) is 5.42. The molecule has 1 aliphatic rings. The van der Waals surface area contributed by atoms with Crippen molar-refractivity contribution in [1.82, 2.24) is 4.90 Å². The maximum absolute atomic E-state index is 12.7. The van der Waals surface area contributed by atoms with Crippen LogP contribution in [-0.4, -0.2) is 30.3 Å². The lowest BCUT2D eigenvalue weighted by atomic mass is 10.0. The molecule has 124 valence electrons. The number of carbonyl (C=O) groups is 1. The molecule has 2 aromatic carbocycles. The first kappa shape index (κ1) is 15.8. The van der Waals surface area contributed by atoms with Crippen molar-refractivity contribution in [1.29, 1.82) is 0 Å². The smallest absolute Gasteiger partial charge is 0.164 e. The van der Waals surface area contributed by atoms with Gasteiger partial charge in [-0.25, -0.2) is 0 Å². The van der Waals surface area contributed by atoms with E-state index in [0.29, 0.717) is 6.42 Å². The highest BCUT2D eigenvalue weighted by atomic mass is 32.1. The first-order chi connectivity index (χ1) is 11.7. The number of ketones is 1. The van der Waals surface area contributed by atoms with Gasteiger partial charge in [0, 0.05) is 38.7 Å². The third kappa shape index (κ3) is 2.99. The molecule has 2 heterocycles. The molecule has 1 saturated heterocycles. The second-order valence-corrected chi connectivity index (χ2v) is 7.90. The van der Waals surface area contributed by atoms with Crippen LogP contribution in [0.2, 0.25) is 0 Å². The molecule has 2 nitrogen and oxygen atoms in total. The van der Waals surface area contributed by atoms with E-state index in [-0.39, 0.29) is 5.78 Å². The van der Waals surface area contributed by atoms with Crippen LogP contribution in [0.5, 0.6) is 0 Å². The minimum Gasteiger partial charge on any atom is -0.303 e. The van der Waals surface area contributed by atoms with Gasteiger partial charge in [-0.15, -0.1) is 11.3 Å². The number of carbonyl (C=O) groups excluding carboxylic acids is 1. The molecule has 3 aromatic rings. The number of nitrogens with zero attached hydrogens (tertiary/aromatic N) is 1. The van der Waals surface area contributed by atoms with Crippen molar-refractivity contribution in [2.75, 3.05) is 19.6 Å². The van der Waals surface area contributed by atoms with Crippen molar-refractivity contribution in [3.8, 4) is 0 Å². The van der Waals surface area contributed by atoms with Gasteiger partial charge in [-0.3, -0.25) is 4.79 Å². The van der Waals surface area contributed by atoms with Gasteiger partial charge in [0.1, 0.15) is 0 Å². The standard InChI is InChI=1S/C21H23NOS/c1-15-13-16(19(23)9-12-22-10-5-2-6-11-22)14-18-17-7-3-4-8-20(17)24-21(15)18/h3-4,7-8,13-14H,2,5-6,9-12H2,1H3. The number of benzene rings is 2. The predicted molar refractivity (Wildman–Crippen MR) is 103 cm³/mol. The molecule has 3 heteroatoms. The van der Waals surface area contributed by atoms with Crippen LogP contribution in [0.15, 0.2) is 36.4 Å². The number of fused-ring (bicyclic) bond motifs is 3. The molecule has 1 aliphatic heterocycles. The Hall–Kier alpha value is -1.71. The number of likely N-dealkylation sites (tertiary alicyclic amines) is 1. The number of hydrogen-bond donors (Lipinski definition) is 0. The first-order valence-corrected chi connectivity index (χ1v) is 9.71. The van der Waals surface area contributed by atoms with Gasteiger partial charge in [-0.05, 0) is 56.6 Å². The summed E-state index contributed by atoms with van der Waals surface area (Å²) in [5.74, 6) is 0.279. The van der Waals surface area contributed by atoms with E-state index in [2.05, 4.69) is 48.2 Å². The van der Waals surface area contributed by atoms with Gasteiger partial charge in [-0.1, -0.05) is 24.6 Å². The molecule has 24 heavy (non-hydrogen) atoms. The van der Waals surface area contributed by atoms with E-state index >= 15 is 0 Å². The summed E-state index contributed by atoms with van der Waals surface area (Å²) in [6.45, 7) is 5.33. The number of Topliss-reactive ketones (excluding diaryl/α,β-unsaturated/α-hetero) is 1. The fourth-order valence-electron chi connectivity index (χ4n) is 3.75. The summed E-state index contributed by atoms with van der Waals surface area (Å²) in [6, 6.07) is 12.7. The molecule has 0 bridgehead atoms. The third-order valence-corrected chi connectivity index (χ3v) is 6.41. The summed E-state index contributed by atoms with van der Waals surface area (Å²) in [5, 5.41) is 2.50. The van der Waals surface area contributed by atoms with Crippen LogP contribution < -0.4 is 0 Å². The van der Waals surface area contributed by atoms with Crippen LogP contribution in [0.4, 0.5) is 0 Å². The Balaban J connectivity index is 1.61. The Kier molecular flexibility index (Phi) is 4.38. The van der Waals surface area contributed by atoms with Gasteiger partial charge in [0.15, 0.2) is 5.78 Å². The van der Waals surface area contributed by atoms with Crippen molar-refractivity contribution in [3.05, 3.63) is 47.5 Å². The van der Waals surface area contributed by atoms with E-state index in [9.17, 15) is 4.79 Å². The number of rotatable bonds is 4. The zero-order chi connectivity index (χ0) is 16.5. The average Bonchev–Trinajstić information content (AvgIpc) is 3.00. The van der Waals surface area contributed by atoms with Crippen molar-refractivity contribution < 1.29 is 4.79 Å². The topological polar surface area (TPSA) is 20.3 Å². The molecule has 0 spiro atoms. The second-order valence-electron chi connectivity index (χ2n) is 6.84. The van der Waals surface area contributed by atoms with Crippen LogP contribution in [0.1, 0.15) is 41.6 Å². The average molecular weight is 337 g/mol. The lowest BCUT2D eigenvalue weighted by Gasteiger charge is -2.25. The van der Waals surface area contributed by atoms with Crippen LogP contribution in [0.3, 0.4) is 0 Å². The normalized spacial score (nSPS) is 16.0. The van der Waals surface area contributed by atoms with Gasteiger partial charge in [0.05, 0.1) is 0 Å². The molecule has 0 amide bonds. The molecule has 0 radical (unpaired) electrons. The largest absolute Gasteiger partial charge is 0.303 e. The minimum atomic E-state index is 0.279. The molecule has 1 aromatic heterocycles. The molecular weight excluding hydrogens is 314 g/mol. The van der Waals surface area contributed by atoms with E-state index in [0.717, 1.165) is 25.2 Å². The highest BCUT2D eigenvalue weighted by Gasteiger charge is 2.15. The van der Waals surface area contributed by atoms with E-state index in [1.54, 1.807) is 0 Å². The molecule has 0 unspecified atom stereocenters. The molecule has 4 rings (SSSR count). The molecule has 0 atom stereocenters. The molecule has 0 saturated carbocycles. The van der Waals surface area contributed by atoms with Crippen molar-refractivity contribution in [2.24, 2.45) is 0 Å². The highest BCUT2D eigenvalue weighted by Crippen LogP contribution is 2.36. The maximum Gasteiger partial charge on any atom is 0.164 e. The highest BCUT2D eigenvalue weighted by molar-refractivity contribution is 7.26. The lowest BCUT2D eigenvalue weighted by molar-refractivity contribution is 0.0959. The van der Waals surface area contributed by atoms with Crippen LogP contribution >= 0.6 is 11.3 Å². The van der Waals surface area contributed by atoms with Crippen LogP contribution in [0.25, 0.3) is 20.2 Å². The van der Waals surface area contributed by atoms with Gasteiger partial charge in [0.25, 0.3) is 0 Å². The van der Waals surface area contributed by atoms with Gasteiger partial charge < -0.3 is 4.90 Å². The first-order valence-electron chi connectivity index (χ1n) is 8.90. The SMILES string of the molecule is Cc1cc(C(=O)CCN2CCCCC2)cc2c1sc1ccccc12. The fourth-order valence-corrected chi connectivity index (χ4v) is 4.90. The zero-order valence-corrected chi connectivity index (χ0v) is 15.0. The fraction of sp³-hybridized carbons (Fsp3) is 0.381. The Morgan fingerprint density at radius 1 is 1.08 bits per heavy atom. The van der Waals surface area contributed by atoms with Crippen molar-refractivity contribution >= 4 is 37.3 Å². The summed E-state index contributed by atoms with van der Waals surface area (Å²) >= 11 is 1.83. The summed E-state index contributed by atoms with van der Waals surface area (Å²) in [6.07, 6.45) is 4.53. The van der Waals surface area contributed by atoms with E-state index in [1.807, 2.05) is 11.3 Å². The maximum atomic E-state index is 12.7. The number of thiophene rings is 1. The Morgan fingerprint density at radius 2 is 1.88 bits per heavy atom. The zero-order valence-electron chi connectivity index (χ0n) is 14.2. The molecule has 0 N–H and O–H groups in total. The van der Waals surface area contributed by atoms with E-state index in [1.165, 1.54) is 45.0 Å². The van der Waals surface area contributed by atoms with Gasteiger partial charge in [0.2, 0.25) is 0 Å². The summed E-state index contributed by atoms with van der Waals surface area (Å²) in [7, 11) is 0. The quantitative estimate of drug-likeness (QED) is 0.592. The molecule has 0 aliphatic carbocycles. The Labute approximate surface area is 147 Å². The molecular formula is C21H23NOS. The third-order valence-electron chi connectivity index (χ3n) is 5.09. The summed E-state index contributed by atoms with van der Waals surface area (Å²) < 4.78 is 2.61. The van der Waals surface area contributed by atoms with Crippen LogP contribution in [0, 0.1) is 6.92 Å². The number of aryl methyl sites for hydroxylation is 1. The Bertz CT molecular complexity index is 889. The van der Waals surface area contributed by atoms with Crippen molar-refractivity contribution in [2.45, 2.75) is 32.6 Å². The monoisotopic (exact) mass is 337 g/mol.